The minimum atomic E-state index is -0.473. The molecule has 0 atom stereocenters. The van der Waals surface area contributed by atoms with Crippen LogP contribution in [0, 0.1) is 0 Å². The summed E-state index contributed by atoms with van der Waals surface area (Å²) in [6, 6.07) is 16.3. The maximum atomic E-state index is 12.4. The monoisotopic (exact) mass is 368 g/mol. The van der Waals surface area contributed by atoms with E-state index in [1.54, 1.807) is 36.2 Å². The van der Waals surface area contributed by atoms with Gasteiger partial charge >= 0.3 is 5.97 Å². The van der Waals surface area contributed by atoms with Crippen LogP contribution in [0.15, 0.2) is 54.6 Å². The van der Waals surface area contributed by atoms with Crippen molar-refractivity contribution in [1.29, 1.82) is 0 Å². The molecule has 2 rings (SSSR count). The number of nitrogens with zero attached hydrogens (tertiary/aromatic N) is 2. The van der Waals surface area contributed by atoms with Gasteiger partial charge in [0.15, 0.2) is 0 Å². The van der Waals surface area contributed by atoms with Gasteiger partial charge < -0.3 is 14.5 Å². The van der Waals surface area contributed by atoms with Crippen molar-refractivity contribution >= 4 is 23.5 Å². The second-order valence-electron chi connectivity index (χ2n) is 6.20. The third-order valence-electron chi connectivity index (χ3n) is 4.20. The summed E-state index contributed by atoms with van der Waals surface area (Å²) in [5, 5.41) is 0. The average molecular weight is 368 g/mol. The van der Waals surface area contributed by atoms with Crippen LogP contribution in [-0.2, 0) is 20.9 Å². The van der Waals surface area contributed by atoms with Crippen LogP contribution in [0.2, 0.25) is 0 Å². The summed E-state index contributed by atoms with van der Waals surface area (Å²) < 4.78 is 4.71. The average Bonchev–Trinajstić information content (AvgIpc) is 2.68. The van der Waals surface area contributed by atoms with Crippen molar-refractivity contribution in [3.8, 4) is 0 Å². The SMILES string of the molecule is COC(=O)c1cccc(N(CCC(=O)N(C)Cc2ccccc2)C(C)=O)c1. The lowest BCUT2D eigenvalue weighted by Crippen LogP contribution is -2.34. The van der Waals surface area contributed by atoms with Crippen LogP contribution >= 0.6 is 0 Å². The van der Waals surface area contributed by atoms with Crippen molar-refractivity contribution in [3.05, 3.63) is 65.7 Å². The Kier molecular flexibility index (Phi) is 7.11. The normalized spacial score (nSPS) is 10.2. The second kappa shape index (κ2) is 9.52. The molecule has 0 aromatic heterocycles. The van der Waals surface area contributed by atoms with Gasteiger partial charge in [-0.25, -0.2) is 4.79 Å². The minimum absolute atomic E-state index is 0.0609. The quantitative estimate of drug-likeness (QED) is 0.705. The highest BCUT2D eigenvalue weighted by atomic mass is 16.5. The van der Waals surface area contributed by atoms with E-state index in [2.05, 4.69) is 0 Å². The molecule has 0 N–H and O–H groups in total. The van der Waals surface area contributed by atoms with E-state index in [4.69, 9.17) is 4.74 Å². The van der Waals surface area contributed by atoms with Crippen molar-refractivity contribution in [2.45, 2.75) is 19.9 Å². The highest BCUT2D eigenvalue weighted by molar-refractivity contribution is 5.95. The summed E-state index contributed by atoms with van der Waals surface area (Å²) in [5.74, 6) is -0.733. The molecule has 0 aliphatic heterocycles. The Bertz CT molecular complexity index is 805. The molecule has 0 saturated carbocycles. The first-order valence-corrected chi connectivity index (χ1v) is 8.66. The molecule has 0 aliphatic carbocycles. The molecule has 0 fully saturated rings. The zero-order chi connectivity index (χ0) is 19.8. The van der Waals surface area contributed by atoms with Gasteiger partial charge in [0.25, 0.3) is 0 Å². The molecular weight excluding hydrogens is 344 g/mol. The van der Waals surface area contributed by atoms with Crippen LogP contribution in [-0.4, -0.2) is 43.4 Å². The number of anilines is 1. The van der Waals surface area contributed by atoms with E-state index in [-0.39, 0.29) is 24.8 Å². The number of amides is 2. The highest BCUT2D eigenvalue weighted by Gasteiger charge is 2.17. The summed E-state index contributed by atoms with van der Waals surface area (Å²) in [6.07, 6.45) is 0.186. The first kappa shape index (κ1) is 20.2. The second-order valence-corrected chi connectivity index (χ2v) is 6.20. The lowest BCUT2D eigenvalue weighted by molar-refractivity contribution is -0.130. The third kappa shape index (κ3) is 5.67. The Labute approximate surface area is 159 Å². The van der Waals surface area contributed by atoms with Gasteiger partial charge in [0.05, 0.1) is 12.7 Å². The number of rotatable bonds is 7. The number of carbonyl (C=O) groups is 3. The largest absolute Gasteiger partial charge is 0.465 e. The molecule has 2 amide bonds. The number of esters is 1. The van der Waals surface area contributed by atoms with Crippen molar-refractivity contribution in [2.75, 3.05) is 25.6 Å². The molecule has 6 nitrogen and oxygen atoms in total. The first-order valence-electron chi connectivity index (χ1n) is 8.66. The molecule has 6 heteroatoms. The Hall–Kier alpha value is -3.15. The van der Waals surface area contributed by atoms with Crippen LogP contribution < -0.4 is 4.90 Å². The van der Waals surface area contributed by atoms with Crippen LogP contribution in [0.3, 0.4) is 0 Å². The summed E-state index contributed by atoms with van der Waals surface area (Å²) in [7, 11) is 3.05. The van der Waals surface area contributed by atoms with Gasteiger partial charge in [0, 0.05) is 39.2 Å². The van der Waals surface area contributed by atoms with Gasteiger partial charge in [-0.3, -0.25) is 9.59 Å². The number of methoxy groups -OCH3 is 1. The van der Waals surface area contributed by atoms with E-state index < -0.39 is 5.97 Å². The fraction of sp³-hybridized carbons (Fsp3) is 0.286. The summed E-state index contributed by atoms with van der Waals surface area (Å²) in [5.41, 5.74) is 1.96. The topological polar surface area (TPSA) is 66.9 Å². The smallest absolute Gasteiger partial charge is 0.337 e. The van der Waals surface area contributed by atoms with Crippen LogP contribution in [0.1, 0.15) is 29.3 Å². The van der Waals surface area contributed by atoms with Crippen molar-refractivity contribution in [2.24, 2.45) is 0 Å². The number of carbonyl (C=O) groups excluding carboxylic acids is 3. The van der Waals surface area contributed by atoms with Crippen molar-refractivity contribution in [1.82, 2.24) is 4.90 Å². The molecule has 2 aromatic rings. The highest BCUT2D eigenvalue weighted by Crippen LogP contribution is 2.18. The lowest BCUT2D eigenvalue weighted by atomic mass is 10.1. The zero-order valence-corrected chi connectivity index (χ0v) is 15.8. The molecule has 0 radical (unpaired) electrons. The van der Waals surface area contributed by atoms with Gasteiger partial charge in [0.2, 0.25) is 11.8 Å². The number of benzene rings is 2. The minimum Gasteiger partial charge on any atom is -0.465 e. The molecule has 0 saturated heterocycles. The standard InChI is InChI=1S/C21H24N2O4/c1-16(24)23(19-11-7-10-18(14-19)21(26)27-3)13-12-20(25)22(2)15-17-8-5-4-6-9-17/h4-11,14H,12-13,15H2,1-3H3. The van der Waals surface area contributed by atoms with Crippen LogP contribution in [0.5, 0.6) is 0 Å². The van der Waals surface area contributed by atoms with E-state index in [0.717, 1.165) is 5.56 Å². The molecule has 0 heterocycles. The Morgan fingerprint density at radius 1 is 1.00 bits per heavy atom. The van der Waals surface area contributed by atoms with Gasteiger partial charge in [-0.1, -0.05) is 36.4 Å². The van der Waals surface area contributed by atoms with E-state index in [9.17, 15) is 14.4 Å². The van der Waals surface area contributed by atoms with E-state index in [0.29, 0.717) is 17.8 Å². The fourth-order valence-electron chi connectivity index (χ4n) is 2.73. The van der Waals surface area contributed by atoms with Gasteiger partial charge in [0.1, 0.15) is 0 Å². The molecule has 142 valence electrons. The Morgan fingerprint density at radius 2 is 1.70 bits per heavy atom. The van der Waals surface area contributed by atoms with Gasteiger partial charge in [-0.2, -0.15) is 0 Å². The zero-order valence-electron chi connectivity index (χ0n) is 15.8. The van der Waals surface area contributed by atoms with Crippen LogP contribution in [0.4, 0.5) is 5.69 Å². The predicted octanol–water partition coefficient (Wildman–Crippen LogP) is 2.87. The Morgan fingerprint density at radius 3 is 2.33 bits per heavy atom. The molecule has 0 spiro atoms. The number of hydrogen-bond acceptors (Lipinski definition) is 4. The summed E-state index contributed by atoms with van der Waals surface area (Å²) in [4.78, 5) is 39.3. The summed E-state index contributed by atoms with van der Waals surface area (Å²) in [6.45, 7) is 2.18. The third-order valence-corrected chi connectivity index (χ3v) is 4.20. The molecule has 0 unspecified atom stereocenters. The van der Waals surface area contributed by atoms with Gasteiger partial charge in [-0.15, -0.1) is 0 Å². The van der Waals surface area contributed by atoms with Crippen molar-refractivity contribution in [3.63, 3.8) is 0 Å². The Balaban J connectivity index is 2.03. The predicted molar refractivity (Wildman–Crippen MR) is 103 cm³/mol. The fourth-order valence-corrected chi connectivity index (χ4v) is 2.73. The molecular formula is C21H24N2O4. The van der Waals surface area contributed by atoms with E-state index >= 15 is 0 Å². The maximum absolute atomic E-state index is 12.4. The molecule has 27 heavy (non-hydrogen) atoms. The van der Waals surface area contributed by atoms with E-state index in [1.807, 2.05) is 30.3 Å². The van der Waals surface area contributed by atoms with E-state index in [1.165, 1.54) is 18.9 Å². The first-order chi connectivity index (χ1) is 12.9. The molecule has 0 bridgehead atoms. The summed E-state index contributed by atoms with van der Waals surface area (Å²) >= 11 is 0. The number of hydrogen-bond donors (Lipinski definition) is 0. The van der Waals surface area contributed by atoms with Crippen molar-refractivity contribution < 1.29 is 19.1 Å². The lowest BCUT2D eigenvalue weighted by Gasteiger charge is -2.23. The maximum Gasteiger partial charge on any atom is 0.337 e. The molecule has 2 aromatic carbocycles. The van der Waals surface area contributed by atoms with Crippen LogP contribution in [0.25, 0.3) is 0 Å². The molecule has 0 aliphatic rings. The number of ether oxygens (including phenoxy) is 1. The van der Waals surface area contributed by atoms with Gasteiger partial charge in [-0.05, 0) is 23.8 Å².